The second-order valence-corrected chi connectivity index (χ2v) is 5.77. The van der Waals surface area contributed by atoms with Crippen LogP contribution in [-0.2, 0) is 19.6 Å². The molecule has 3 heteroatoms. The molecule has 0 fully saturated rings. The van der Waals surface area contributed by atoms with Crippen LogP contribution >= 0.6 is 0 Å². The van der Waals surface area contributed by atoms with Crippen molar-refractivity contribution < 1.29 is 4.39 Å². The Balaban J connectivity index is 1.68. The zero-order chi connectivity index (χ0) is 14.9. The van der Waals surface area contributed by atoms with Crippen molar-refractivity contribution in [2.45, 2.75) is 19.6 Å². The number of fused-ring (bicyclic) bond motifs is 3. The maximum Gasteiger partial charge on any atom is 0.123 e. The van der Waals surface area contributed by atoms with E-state index in [9.17, 15) is 4.39 Å². The second kappa shape index (κ2) is 5.43. The van der Waals surface area contributed by atoms with Crippen molar-refractivity contribution in [3.63, 3.8) is 0 Å². The predicted octanol–water partition coefficient (Wildman–Crippen LogP) is 4.13. The van der Waals surface area contributed by atoms with Gasteiger partial charge in [-0.2, -0.15) is 0 Å². The third-order valence-electron chi connectivity index (χ3n) is 4.18. The molecule has 0 spiro atoms. The average Bonchev–Trinajstić information content (AvgIpc) is 2.92. The minimum absolute atomic E-state index is 0.182. The smallest absolute Gasteiger partial charge is 0.123 e. The zero-order valence-electron chi connectivity index (χ0n) is 12.2. The van der Waals surface area contributed by atoms with Gasteiger partial charge in [0.25, 0.3) is 0 Å². The maximum absolute atomic E-state index is 13.1. The largest absolute Gasteiger partial charge is 0.319 e. The normalized spacial score (nSPS) is 14.2. The highest BCUT2D eigenvalue weighted by molar-refractivity contribution is 5.44. The summed E-state index contributed by atoms with van der Waals surface area (Å²) < 4.78 is 15.3. The Kier molecular flexibility index (Phi) is 3.28. The van der Waals surface area contributed by atoms with Crippen LogP contribution in [-0.4, -0.2) is 9.47 Å². The quantitative estimate of drug-likeness (QED) is 0.689. The summed E-state index contributed by atoms with van der Waals surface area (Å²) in [4.78, 5) is 2.39. The summed E-state index contributed by atoms with van der Waals surface area (Å²) in [6.45, 7) is 2.61. The second-order valence-electron chi connectivity index (χ2n) is 5.77. The molecule has 1 aliphatic rings. The number of para-hydroxylation sites is 1. The zero-order valence-corrected chi connectivity index (χ0v) is 12.2. The molecule has 0 amide bonds. The molecule has 110 valence electrons. The van der Waals surface area contributed by atoms with Gasteiger partial charge in [-0.3, -0.25) is 4.90 Å². The van der Waals surface area contributed by atoms with Gasteiger partial charge in [-0.15, -0.1) is 0 Å². The number of halogens is 1. The van der Waals surface area contributed by atoms with E-state index < -0.39 is 0 Å². The van der Waals surface area contributed by atoms with Crippen molar-refractivity contribution in [1.82, 2.24) is 9.47 Å². The lowest BCUT2D eigenvalue weighted by Crippen LogP contribution is -2.21. The van der Waals surface area contributed by atoms with E-state index in [1.54, 1.807) is 0 Å². The molecule has 3 aromatic rings. The summed E-state index contributed by atoms with van der Waals surface area (Å²) in [5.74, 6) is -0.182. The van der Waals surface area contributed by atoms with Gasteiger partial charge >= 0.3 is 0 Å². The van der Waals surface area contributed by atoms with Gasteiger partial charge in [0.1, 0.15) is 5.82 Å². The first-order valence-electron chi connectivity index (χ1n) is 7.51. The molecule has 2 nitrogen and oxygen atoms in total. The van der Waals surface area contributed by atoms with Crippen LogP contribution in [0.3, 0.4) is 0 Å². The van der Waals surface area contributed by atoms with Crippen molar-refractivity contribution in [3.8, 4) is 5.69 Å². The average molecular weight is 292 g/mol. The van der Waals surface area contributed by atoms with E-state index in [0.717, 1.165) is 25.2 Å². The number of aromatic nitrogens is 1. The molecule has 22 heavy (non-hydrogen) atoms. The number of nitrogens with zero attached hydrogens (tertiary/aromatic N) is 2. The summed E-state index contributed by atoms with van der Waals surface area (Å²) in [6, 6.07) is 19.6. The molecule has 0 radical (unpaired) electrons. The molecular weight excluding hydrogens is 275 g/mol. The lowest BCUT2D eigenvalue weighted by molar-refractivity contribution is 0.248. The van der Waals surface area contributed by atoms with Gasteiger partial charge < -0.3 is 4.57 Å². The Labute approximate surface area is 129 Å². The van der Waals surface area contributed by atoms with Crippen molar-refractivity contribution in [2.24, 2.45) is 0 Å². The molecule has 2 aromatic carbocycles. The van der Waals surface area contributed by atoms with Gasteiger partial charge in [-0.1, -0.05) is 30.3 Å². The van der Waals surface area contributed by atoms with Crippen molar-refractivity contribution >= 4 is 0 Å². The molecule has 0 saturated carbocycles. The number of rotatable bonds is 2. The molecule has 0 N–H and O–H groups in total. The van der Waals surface area contributed by atoms with Gasteiger partial charge in [-0.25, -0.2) is 4.39 Å². The van der Waals surface area contributed by atoms with Crippen molar-refractivity contribution in [1.29, 1.82) is 0 Å². The Bertz CT molecular complexity index is 789. The highest BCUT2D eigenvalue weighted by atomic mass is 19.1. The highest BCUT2D eigenvalue weighted by Crippen LogP contribution is 2.25. The number of hydrogen-bond acceptors (Lipinski definition) is 1. The van der Waals surface area contributed by atoms with Gasteiger partial charge in [-0.05, 0) is 41.5 Å². The van der Waals surface area contributed by atoms with Gasteiger partial charge in [0.05, 0.1) is 0 Å². The standard InChI is InChI=1S/C19H17FN2/c20-17-9-7-15(8-10-17)12-21-13-16-4-1-2-6-19(16)22-11-3-5-18(22)14-21/h1-11H,12-14H2. The predicted molar refractivity (Wildman–Crippen MR) is 85.1 cm³/mol. The van der Waals surface area contributed by atoms with Crippen molar-refractivity contribution in [3.05, 3.63) is 89.5 Å². The lowest BCUT2D eigenvalue weighted by atomic mass is 10.1. The van der Waals surface area contributed by atoms with Crippen LogP contribution in [0.25, 0.3) is 5.69 Å². The first kappa shape index (κ1) is 13.3. The molecule has 4 rings (SSSR count). The fourth-order valence-electron chi connectivity index (χ4n) is 3.15. The molecule has 0 atom stereocenters. The topological polar surface area (TPSA) is 8.17 Å². The molecular formula is C19H17FN2. The third kappa shape index (κ3) is 2.44. The molecule has 0 bridgehead atoms. The summed E-state index contributed by atoms with van der Waals surface area (Å²) >= 11 is 0. The third-order valence-corrected chi connectivity index (χ3v) is 4.18. The van der Waals surface area contributed by atoms with E-state index in [1.807, 2.05) is 12.1 Å². The fraction of sp³-hybridized carbons (Fsp3) is 0.158. The molecule has 0 aliphatic carbocycles. The SMILES string of the molecule is Fc1ccc(CN2Cc3ccccc3-n3cccc3C2)cc1. The summed E-state index contributed by atoms with van der Waals surface area (Å²) in [5.41, 5.74) is 5.00. The van der Waals surface area contributed by atoms with Gasteiger partial charge in [0.15, 0.2) is 0 Å². The van der Waals surface area contributed by atoms with E-state index >= 15 is 0 Å². The van der Waals surface area contributed by atoms with Crippen LogP contribution in [0.15, 0.2) is 66.9 Å². The summed E-state index contributed by atoms with van der Waals surface area (Å²) in [6.07, 6.45) is 2.12. The van der Waals surface area contributed by atoms with Crippen LogP contribution in [0.4, 0.5) is 4.39 Å². The number of benzene rings is 2. The van der Waals surface area contributed by atoms with Crippen LogP contribution in [0.2, 0.25) is 0 Å². The van der Waals surface area contributed by atoms with Crippen LogP contribution < -0.4 is 0 Å². The van der Waals surface area contributed by atoms with E-state index in [4.69, 9.17) is 0 Å². The monoisotopic (exact) mass is 292 g/mol. The summed E-state index contributed by atoms with van der Waals surface area (Å²) in [7, 11) is 0. The van der Waals surface area contributed by atoms with Crippen LogP contribution in [0, 0.1) is 5.82 Å². The van der Waals surface area contributed by atoms with Crippen LogP contribution in [0.5, 0.6) is 0 Å². The number of hydrogen-bond donors (Lipinski definition) is 0. The lowest BCUT2D eigenvalue weighted by Gasteiger charge is -2.20. The van der Waals surface area contributed by atoms with Crippen LogP contribution in [0.1, 0.15) is 16.8 Å². The Morgan fingerprint density at radius 3 is 2.55 bits per heavy atom. The first-order valence-corrected chi connectivity index (χ1v) is 7.51. The minimum atomic E-state index is -0.182. The van der Waals surface area contributed by atoms with E-state index in [2.05, 4.69) is 52.1 Å². The maximum atomic E-state index is 13.1. The fourth-order valence-corrected chi connectivity index (χ4v) is 3.15. The Hall–Kier alpha value is -2.39. The summed E-state index contributed by atoms with van der Waals surface area (Å²) in [5, 5.41) is 0. The molecule has 0 unspecified atom stereocenters. The van der Waals surface area contributed by atoms with E-state index in [1.165, 1.54) is 29.1 Å². The van der Waals surface area contributed by atoms with Crippen molar-refractivity contribution in [2.75, 3.05) is 0 Å². The Morgan fingerprint density at radius 1 is 0.864 bits per heavy atom. The molecule has 0 saturated heterocycles. The van der Waals surface area contributed by atoms with Gasteiger partial charge in [0.2, 0.25) is 0 Å². The van der Waals surface area contributed by atoms with Gasteiger partial charge in [0, 0.05) is 37.2 Å². The first-order chi connectivity index (χ1) is 10.8. The molecule has 1 aliphatic heterocycles. The minimum Gasteiger partial charge on any atom is -0.319 e. The molecule has 1 aromatic heterocycles. The Morgan fingerprint density at radius 2 is 1.68 bits per heavy atom. The molecule has 2 heterocycles. The van der Waals surface area contributed by atoms with E-state index in [-0.39, 0.29) is 5.82 Å². The van der Waals surface area contributed by atoms with E-state index in [0.29, 0.717) is 0 Å². The highest BCUT2D eigenvalue weighted by Gasteiger charge is 2.18.